The summed E-state index contributed by atoms with van der Waals surface area (Å²) in [6.45, 7) is 19.5. The molecule has 0 fully saturated rings. The number of hydrogen-bond donors (Lipinski definition) is 0. The Morgan fingerprint density at radius 3 is 0.906 bits per heavy atom. The van der Waals surface area contributed by atoms with Crippen molar-refractivity contribution in [1.29, 1.82) is 0 Å². The van der Waals surface area contributed by atoms with Crippen LogP contribution in [0.1, 0.15) is 233 Å². The molecule has 0 N–H and O–H groups in total. The third kappa shape index (κ3) is 13.5. The van der Waals surface area contributed by atoms with Gasteiger partial charge in [-0.2, -0.15) is 0 Å². The van der Waals surface area contributed by atoms with E-state index in [2.05, 4.69) is 90.2 Å². The van der Waals surface area contributed by atoms with E-state index in [-0.39, 0.29) is 0 Å². The van der Waals surface area contributed by atoms with Crippen LogP contribution in [-0.4, -0.2) is 36.8 Å². The average Bonchev–Trinajstić information content (AvgIpc) is 3.88. The molecule has 0 saturated heterocycles. The summed E-state index contributed by atoms with van der Waals surface area (Å²) in [5.41, 5.74) is 4.06. The summed E-state index contributed by atoms with van der Waals surface area (Å²) in [4.78, 5) is 3.66. The predicted octanol–water partition coefficient (Wildman–Crippen LogP) is 17.7. The molecule has 1 aliphatic carbocycles. The molecule has 0 bridgehead atoms. The Bertz CT molecular complexity index is 1090. The molecule has 4 heteroatoms. The first-order valence-electron chi connectivity index (χ1n) is 24.2. The third-order valence-electron chi connectivity index (χ3n) is 13.7. The first kappa shape index (κ1) is 48.4. The molecule has 53 heavy (non-hydrogen) atoms. The van der Waals surface area contributed by atoms with Gasteiger partial charge in [0.1, 0.15) is 0 Å². The summed E-state index contributed by atoms with van der Waals surface area (Å²) in [5, 5.41) is 0. The molecule has 2 aromatic rings. The van der Waals surface area contributed by atoms with E-state index in [9.17, 15) is 0 Å². The molecule has 0 spiro atoms. The number of rotatable bonds is 34. The van der Waals surface area contributed by atoms with Crippen molar-refractivity contribution in [2.75, 3.05) is 0 Å². The van der Waals surface area contributed by atoms with Crippen LogP contribution < -0.4 is 5.79 Å². The van der Waals surface area contributed by atoms with E-state index in [4.69, 9.17) is 0 Å². The minimum absolute atomic E-state index is 0.291. The third-order valence-corrected chi connectivity index (χ3v) is 52.6. The fourth-order valence-corrected chi connectivity index (χ4v) is 51.0. The number of fused-ring (bicyclic) bond motifs is 3. The van der Waals surface area contributed by atoms with Gasteiger partial charge in [-0.05, 0) is 0 Å². The Labute approximate surface area is 349 Å². The SMILES string of the molecule is CCCCCCCCC1(CCCCCCCC)c2c[c]([Sn]([CH2]CCC)([CH2]CCC)[CH2]CCC)sc2-c2s[c]([Sn]([CH2]CCC)([CH2]CCC)[CH2]CCC)cc21. The van der Waals surface area contributed by atoms with Crippen molar-refractivity contribution < 1.29 is 0 Å². The zero-order chi connectivity index (χ0) is 38.4. The van der Waals surface area contributed by atoms with Gasteiger partial charge in [0.15, 0.2) is 0 Å². The Morgan fingerprint density at radius 1 is 0.358 bits per heavy atom. The van der Waals surface area contributed by atoms with Crippen LogP contribution in [-0.2, 0) is 5.41 Å². The summed E-state index contributed by atoms with van der Waals surface area (Å²) in [5.74, 6) is 0. The van der Waals surface area contributed by atoms with E-state index < -0.39 is 36.8 Å². The van der Waals surface area contributed by atoms with Crippen LogP contribution in [0.15, 0.2) is 12.1 Å². The van der Waals surface area contributed by atoms with E-state index in [0.717, 1.165) is 0 Å². The van der Waals surface area contributed by atoms with Crippen LogP contribution in [0, 0.1) is 0 Å². The van der Waals surface area contributed by atoms with Crippen molar-refractivity contribution >= 4 is 65.2 Å². The molecule has 2 aromatic heterocycles. The Balaban J connectivity index is 2.27. The van der Waals surface area contributed by atoms with Gasteiger partial charge in [0, 0.05) is 0 Å². The Kier molecular flexibility index (Phi) is 24.5. The van der Waals surface area contributed by atoms with Crippen molar-refractivity contribution in [2.24, 2.45) is 0 Å². The quantitative estimate of drug-likeness (QED) is 0.0484. The van der Waals surface area contributed by atoms with Crippen molar-refractivity contribution in [3.8, 4) is 9.75 Å². The standard InChI is InChI=1S/C25H36S2.6C4H9.2Sn/c1-3-5-7-9-11-13-17-25(18-14-12-10-8-6-4-2)21-15-19-26-23(21)24-22(25)16-20-27-24;6*1-3-4-2;;/h15-16H,3-14,17-18H2,1-2H3;6*1,3-4H2,2H3;;. The maximum atomic E-state index is 3.01. The summed E-state index contributed by atoms with van der Waals surface area (Å²) < 4.78 is 13.7. The van der Waals surface area contributed by atoms with Crippen molar-refractivity contribution in [1.82, 2.24) is 0 Å². The van der Waals surface area contributed by atoms with E-state index in [1.165, 1.54) is 167 Å². The molecule has 1 aliphatic rings. The van der Waals surface area contributed by atoms with Gasteiger partial charge in [-0.3, -0.25) is 0 Å². The van der Waals surface area contributed by atoms with Crippen LogP contribution in [0.3, 0.4) is 0 Å². The van der Waals surface area contributed by atoms with Gasteiger partial charge < -0.3 is 0 Å². The molecule has 0 nitrogen and oxygen atoms in total. The molecule has 2 heterocycles. The minimum atomic E-state index is -2.56. The zero-order valence-electron chi connectivity index (χ0n) is 37.1. The van der Waals surface area contributed by atoms with Gasteiger partial charge in [-0.15, -0.1) is 0 Å². The summed E-state index contributed by atoms with van der Waals surface area (Å²) in [6, 6.07) is 6.03. The number of unbranched alkanes of at least 4 members (excludes halogenated alkanes) is 16. The molecule has 306 valence electrons. The van der Waals surface area contributed by atoms with Crippen molar-refractivity contribution in [3.63, 3.8) is 0 Å². The van der Waals surface area contributed by atoms with E-state index in [1.54, 1.807) is 26.6 Å². The summed E-state index contributed by atoms with van der Waals surface area (Å²) >= 11 is -0.262. The average molecular weight is 981 g/mol. The topological polar surface area (TPSA) is 0 Å². The summed E-state index contributed by atoms with van der Waals surface area (Å²) in [7, 11) is 0. The van der Waals surface area contributed by atoms with Crippen molar-refractivity contribution in [2.45, 2.75) is 254 Å². The van der Waals surface area contributed by atoms with E-state index in [0.29, 0.717) is 5.41 Å². The predicted molar refractivity (Wildman–Crippen MR) is 253 cm³/mol. The number of thiophene rings is 2. The van der Waals surface area contributed by atoms with Crippen molar-refractivity contribution in [3.05, 3.63) is 23.3 Å². The maximum absolute atomic E-state index is 3.01. The Morgan fingerprint density at radius 2 is 0.623 bits per heavy atom. The monoisotopic (exact) mass is 982 g/mol. The molecular formula is C49H90S2Sn2. The van der Waals surface area contributed by atoms with Crippen LogP contribution >= 0.6 is 22.7 Å². The number of hydrogen-bond acceptors (Lipinski definition) is 2. The van der Waals surface area contributed by atoms with Gasteiger partial charge in [0.05, 0.1) is 0 Å². The second kappa shape index (κ2) is 26.9. The molecule has 0 atom stereocenters. The second-order valence-electron chi connectivity index (χ2n) is 18.0. The van der Waals surface area contributed by atoms with Crippen LogP contribution in [0.5, 0.6) is 0 Å². The fraction of sp³-hybridized carbons (Fsp3) is 0.837. The van der Waals surface area contributed by atoms with Gasteiger partial charge in [0.2, 0.25) is 0 Å². The summed E-state index contributed by atoms with van der Waals surface area (Å²) in [6.07, 6.45) is 37.0. The first-order valence-corrected chi connectivity index (χ1v) is 40.8. The van der Waals surface area contributed by atoms with Crippen LogP contribution in [0.4, 0.5) is 0 Å². The molecule has 0 unspecified atom stereocenters. The van der Waals surface area contributed by atoms with Gasteiger partial charge >= 0.3 is 353 Å². The van der Waals surface area contributed by atoms with Gasteiger partial charge in [0.25, 0.3) is 0 Å². The molecule has 3 rings (SSSR count). The Hall–Kier alpha value is 0.997. The second-order valence-corrected chi connectivity index (χ2v) is 48.4. The normalized spacial score (nSPS) is 14.0. The van der Waals surface area contributed by atoms with Crippen LogP contribution in [0.2, 0.25) is 26.6 Å². The molecule has 0 radical (unpaired) electrons. The molecule has 0 aromatic carbocycles. The van der Waals surface area contributed by atoms with E-state index in [1.807, 2.05) is 26.7 Å². The molecule has 0 aliphatic heterocycles. The zero-order valence-corrected chi connectivity index (χ0v) is 44.4. The van der Waals surface area contributed by atoms with Gasteiger partial charge in [-0.25, -0.2) is 0 Å². The molecular weight excluding hydrogens is 890 g/mol. The van der Waals surface area contributed by atoms with Crippen LogP contribution in [0.25, 0.3) is 9.75 Å². The first-order chi connectivity index (χ1) is 25.9. The fourth-order valence-electron chi connectivity index (χ4n) is 10.2. The molecule has 0 amide bonds. The van der Waals surface area contributed by atoms with E-state index >= 15 is 0 Å². The molecule has 0 saturated carbocycles. The van der Waals surface area contributed by atoms with Gasteiger partial charge in [-0.1, -0.05) is 0 Å².